The number of amidine groups is 1. The fraction of sp³-hybridized carbons (Fsp3) is 0.364. The minimum atomic E-state index is -5.63. The van der Waals surface area contributed by atoms with E-state index in [1.54, 1.807) is 0 Å². The first-order chi connectivity index (χ1) is 10.0. The number of halogens is 6. The predicted molar refractivity (Wildman–Crippen MR) is 71.0 cm³/mol. The highest BCUT2D eigenvalue weighted by molar-refractivity contribution is 9.10. The van der Waals surface area contributed by atoms with Crippen molar-refractivity contribution in [2.75, 3.05) is 0 Å². The molecule has 0 atom stereocenters. The molecule has 0 unspecified atom stereocenters. The molecule has 2 aromatic rings. The highest BCUT2D eigenvalue weighted by atomic mass is 79.9. The number of nitrogens with one attached hydrogen (secondary N) is 1. The van der Waals surface area contributed by atoms with Crippen LogP contribution < -0.4 is 5.73 Å². The minimum absolute atomic E-state index is 0.0449. The van der Waals surface area contributed by atoms with Crippen LogP contribution in [0, 0.1) is 5.41 Å². The summed E-state index contributed by atoms with van der Waals surface area (Å²) >= 11 is 3.14. The molecule has 0 saturated heterocycles. The number of alkyl halides is 5. The molecular formula is C11H9BrF5N5. The average molecular weight is 386 g/mol. The third kappa shape index (κ3) is 3.03. The highest BCUT2D eigenvalue weighted by Crippen LogP contribution is 2.38. The summed E-state index contributed by atoms with van der Waals surface area (Å²) in [7, 11) is 0. The van der Waals surface area contributed by atoms with E-state index < -0.39 is 30.8 Å². The number of nitrogens with two attached hydrogens (primary N) is 1. The molecular weight excluding hydrogens is 377 g/mol. The van der Waals surface area contributed by atoms with Gasteiger partial charge >= 0.3 is 12.1 Å². The van der Waals surface area contributed by atoms with Gasteiger partial charge in [0.25, 0.3) is 0 Å². The van der Waals surface area contributed by atoms with Crippen LogP contribution in [0.5, 0.6) is 0 Å². The SMILES string of the molecule is N=C(N)c1cn2c(Br)cnc2c(CCC(F)(F)C(F)(F)F)n1. The van der Waals surface area contributed by atoms with Crippen LogP contribution in [0.1, 0.15) is 17.8 Å². The second-order valence-electron chi connectivity index (χ2n) is 4.46. The Bertz CT molecular complexity index is 723. The summed E-state index contributed by atoms with van der Waals surface area (Å²) in [5.74, 6) is -5.27. The Hall–Kier alpha value is -1.78. The Morgan fingerprint density at radius 1 is 1.32 bits per heavy atom. The van der Waals surface area contributed by atoms with Crippen molar-refractivity contribution in [2.24, 2.45) is 5.73 Å². The van der Waals surface area contributed by atoms with Gasteiger partial charge in [-0.25, -0.2) is 9.97 Å². The van der Waals surface area contributed by atoms with Gasteiger partial charge in [0, 0.05) is 12.6 Å². The highest BCUT2D eigenvalue weighted by Gasteiger charge is 2.56. The molecule has 22 heavy (non-hydrogen) atoms. The molecule has 5 nitrogen and oxygen atoms in total. The van der Waals surface area contributed by atoms with Crippen LogP contribution in [0.15, 0.2) is 17.0 Å². The van der Waals surface area contributed by atoms with Gasteiger partial charge in [-0.3, -0.25) is 9.81 Å². The maximum absolute atomic E-state index is 13.0. The molecule has 0 radical (unpaired) electrons. The van der Waals surface area contributed by atoms with Gasteiger partial charge in [-0.2, -0.15) is 22.0 Å². The normalized spacial score (nSPS) is 12.8. The van der Waals surface area contributed by atoms with E-state index in [1.807, 2.05) is 0 Å². The predicted octanol–water partition coefficient (Wildman–Crippen LogP) is 2.91. The Labute approximate surface area is 129 Å². The zero-order chi connectivity index (χ0) is 16.7. The van der Waals surface area contributed by atoms with Gasteiger partial charge in [0.05, 0.1) is 11.9 Å². The van der Waals surface area contributed by atoms with Crippen LogP contribution in [0.4, 0.5) is 22.0 Å². The summed E-state index contributed by atoms with van der Waals surface area (Å²) in [6.07, 6.45) is -5.09. The van der Waals surface area contributed by atoms with Gasteiger partial charge < -0.3 is 5.73 Å². The molecule has 3 N–H and O–H groups in total. The third-order valence-electron chi connectivity index (χ3n) is 2.88. The number of nitrogen functional groups attached to an aromatic ring is 1. The number of hydrogen-bond acceptors (Lipinski definition) is 3. The van der Waals surface area contributed by atoms with Crippen molar-refractivity contribution in [2.45, 2.75) is 24.9 Å². The third-order valence-corrected chi connectivity index (χ3v) is 3.47. The van der Waals surface area contributed by atoms with Gasteiger partial charge in [0.2, 0.25) is 0 Å². The first-order valence-electron chi connectivity index (χ1n) is 5.84. The lowest BCUT2D eigenvalue weighted by atomic mass is 10.1. The Morgan fingerprint density at radius 3 is 2.50 bits per heavy atom. The van der Waals surface area contributed by atoms with Gasteiger partial charge in [0.1, 0.15) is 16.1 Å². The van der Waals surface area contributed by atoms with E-state index >= 15 is 0 Å². The second-order valence-corrected chi connectivity index (χ2v) is 5.28. The van der Waals surface area contributed by atoms with Crippen molar-refractivity contribution < 1.29 is 22.0 Å². The lowest BCUT2D eigenvalue weighted by molar-refractivity contribution is -0.284. The van der Waals surface area contributed by atoms with Crippen molar-refractivity contribution in [1.29, 1.82) is 5.41 Å². The summed E-state index contributed by atoms with van der Waals surface area (Å²) < 4.78 is 64.5. The van der Waals surface area contributed by atoms with Crippen LogP contribution in [0.25, 0.3) is 5.65 Å². The van der Waals surface area contributed by atoms with E-state index in [9.17, 15) is 22.0 Å². The van der Waals surface area contributed by atoms with E-state index in [0.29, 0.717) is 4.60 Å². The zero-order valence-electron chi connectivity index (χ0n) is 10.8. The molecule has 0 fully saturated rings. The molecule has 0 aliphatic rings. The quantitative estimate of drug-likeness (QED) is 0.482. The molecule has 120 valence electrons. The van der Waals surface area contributed by atoms with Gasteiger partial charge in [-0.15, -0.1) is 0 Å². The van der Waals surface area contributed by atoms with Crippen LogP contribution in [0.3, 0.4) is 0 Å². The van der Waals surface area contributed by atoms with Crippen LogP contribution in [0.2, 0.25) is 0 Å². The van der Waals surface area contributed by atoms with Crippen molar-refractivity contribution in [3.63, 3.8) is 0 Å². The van der Waals surface area contributed by atoms with Crippen LogP contribution >= 0.6 is 15.9 Å². The topological polar surface area (TPSA) is 80.1 Å². The first-order valence-corrected chi connectivity index (χ1v) is 6.63. The lowest BCUT2D eigenvalue weighted by Gasteiger charge is -2.19. The van der Waals surface area contributed by atoms with Crippen molar-refractivity contribution >= 4 is 27.4 Å². The number of hydrogen-bond donors (Lipinski definition) is 2. The second kappa shape index (κ2) is 5.45. The number of aromatic nitrogens is 3. The maximum atomic E-state index is 13.0. The molecule has 2 aromatic heterocycles. The number of aryl methyl sites for hydroxylation is 1. The number of fused-ring (bicyclic) bond motifs is 1. The van der Waals surface area contributed by atoms with Gasteiger partial charge in [-0.1, -0.05) is 0 Å². The van der Waals surface area contributed by atoms with E-state index in [0.717, 1.165) is 0 Å². The Morgan fingerprint density at radius 2 is 1.95 bits per heavy atom. The largest absolute Gasteiger partial charge is 0.453 e. The average Bonchev–Trinajstić information content (AvgIpc) is 2.76. The Kier molecular flexibility index (Phi) is 4.11. The summed E-state index contributed by atoms with van der Waals surface area (Å²) in [5, 5.41) is 7.32. The number of rotatable bonds is 4. The molecule has 11 heteroatoms. The smallest absolute Gasteiger partial charge is 0.382 e. The lowest BCUT2D eigenvalue weighted by Crippen LogP contribution is -2.36. The molecule has 0 aliphatic carbocycles. The van der Waals surface area contributed by atoms with E-state index in [4.69, 9.17) is 11.1 Å². The molecule has 2 rings (SSSR count). The summed E-state index contributed by atoms with van der Waals surface area (Å²) in [6, 6.07) is 0. The number of imidazole rings is 1. The van der Waals surface area contributed by atoms with E-state index in [-0.39, 0.29) is 17.0 Å². The molecule has 0 saturated carbocycles. The molecule has 0 spiro atoms. The van der Waals surface area contributed by atoms with Crippen molar-refractivity contribution in [3.05, 3.63) is 28.4 Å². The van der Waals surface area contributed by atoms with E-state index in [2.05, 4.69) is 25.9 Å². The van der Waals surface area contributed by atoms with Crippen molar-refractivity contribution in [1.82, 2.24) is 14.4 Å². The van der Waals surface area contributed by atoms with E-state index in [1.165, 1.54) is 16.8 Å². The van der Waals surface area contributed by atoms with Gasteiger partial charge in [-0.05, 0) is 22.4 Å². The molecule has 0 aliphatic heterocycles. The fourth-order valence-corrected chi connectivity index (χ4v) is 2.11. The maximum Gasteiger partial charge on any atom is 0.453 e. The van der Waals surface area contributed by atoms with Crippen molar-refractivity contribution in [3.8, 4) is 0 Å². The zero-order valence-corrected chi connectivity index (χ0v) is 12.3. The monoisotopic (exact) mass is 385 g/mol. The number of nitrogens with zero attached hydrogens (tertiary/aromatic N) is 3. The van der Waals surface area contributed by atoms with Crippen LogP contribution in [-0.2, 0) is 6.42 Å². The van der Waals surface area contributed by atoms with Crippen LogP contribution in [-0.4, -0.2) is 32.3 Å². The van der Waals surface area contributed by atoms with Gasteiger partial charge in [0.15, 0.2) is 5.65 Å². The fourth-order valence-electron chi connectivity index (χ4n) is 1.74. The summed E-state index contributed by atoms with van der Waals surface area (Å²) in [6.45, 7) is 0. The first kappa shape index (κ1) is 16.6. The standard InChI is InChI=1S/C11H9BrF5N5/c12-7-3-20-9-5(1-2-10(13,14)11(15,16)17)21-6(8(18)19)4-22(7)9/h3-4H,1-2H2,(H3,18,19). The summed E-state index contributed by atoms with van der Waals surface area (Å²) in [5.41, 5.74) is 5.27. The molecule has 0 bridgehead atoms. The molecule has 2 heterocycles. The minimum Gasteiger partial charge on any atom is -0.382 e. The summed E-state index contributed by atoms with van der Waals surface area (Å²) in [4.78, 5) is 7.74. The Balaban J connectivity index is 2.41. The molecule has 0 amide bonds. The molecule has 0 aromatic carbocycles.